The first-order chi connectivity index (χ1) is 16.2. The third kappa shape index (κ3) is 9.73. The van der Waals surface area contributed by atoms with Gasteiger partial charge >= 0.3 is 0 Å². The van der Waals surface area contributed by atoms with Gasteiger partial charge in [0.15, 0.2) is 0 Å². The van der Waals surface area contributed by atoms with Crippen molar-refractivity contribution in [2.24, 2.45) is 0 Å². The van der Waals surface area contributed by atoms with E-state index in [1.54, 1.807) is 11.1 Å². The molecule has 4 heteroatoms. The lowest BCUT2D eigenvalue weighted by Crippen LogP contribution is -2.23. The molecular weight excluding hydrogens is 471 g/mol. The fourth-order valence-corrected chi connectivity index (χ4v) is 5.39. The molecule has 0 bridgehead atoms. The molecule has 0 atom stereocenters. The highest BCUT2D eigenvalue weighted by Gasteiger charge is 2.18. The Hall–Kier alpha value is -1.06. The van der Waals surface area contributed by atoms with Crippen molar-refractivity contribution in [1.82, 2.24) is 9.80 Å². The third-order valence-corrected chi connectivity index (χ3v) is 7.68. The number of aryl methyl sites for hydroxylation is 2. The van der Waals surface area contributed by atoms with Crippen LogP contribution in [0.1, 0.15) is 88.5 Å². The zero-order valence-electron chi connectivity index (χ0n) is 22.8. The maximum atomic E-state index is 2.53. The molecule has 2 nitrogen and oxygen atoms in total. The summed E-state index contributed by atoms with van der Waals surface area (Å²) in [7, 11) is 0. The molecule has 2 aromatic carbocycles. The second-order valence-corrected chi connectivity index (χ2v) is 9.83. The molecule has 0 aromatic heterocycles. The van der Waals surface area contributed by atoms with Crippen LogP contribution < -0.4 is 0 Å². The first-order valence-corrected chi connectivity index (χ1v) is 13.9. The van der Waals surface area contributed by atoms with Gasteiger partial charge in [-0.3, -0.25) is 0 Å². The van der Waals surface area contributed by atoms with Gasteiger partial charge in [0.1, 0.15) is 0 Å². The zero-order valence-corrected chi connectivity index (χ0v) is 24.4. The molecule has 3 rings (SSSR count). The Kier molecular flexibility index (Phi) is 15.9. The molecule has 0 fully saturated rings. The van der Waals surface area contributed by atoms with E-state index in [9.17, 15) is 0 Å². The van der Waals surface area contributed by atoms with E-state index in [1.165, 1.54) is 113 Å². The topological polar surface area (TPSA) is 6.48 Å². The number of fused-ring (bicyclic) bond motifs is 3. The average Bonchev–Trinajstić information content (AvgIpc) is 3.20. The molecular formula is C31H50Cl2N2. The van der Waals surface area contributed by atoms with Crippen molar-refractivity contribution in [3.8, 4) is 11.1 Å². The number of hydrogen-bond donors (Lipinski definition) is 0. The van der Waals surface area contributed by atoms with Gasteiger partial charge in [0, 0.05) is 0 Å². The van der Waals surface area contributed by atoms with Gasteiger partial charge < -0.3 is 9.80 Å². The van der Waals surface area contributed by atoms with Gasteiger partial charge in [-0.25, -0.2) is 0 Å². The molecule has 0 saturated heterocycles. The summed E-state index contributed by atoms with van der Waals surface area (Å²) in [6.45, 7) is 16.3. The summed E-state index contributed by atoms with van der Waals surface area (Å²) in [6.07, 6.45) is 11.5. The van der Waals surface area contributed by atoms with Crippen molar-refractivity contribution >= 4 is 24.8 Å². The van der Waals surface area contributed by atoms with Gasteiger partial charge in [0.05, 0.1) is 0 Å². The average molecular weight is 522 g/mol. The van der Waals surface area contributed by atoms with Crippen molar-refractivity contribution in [2.45, 2.75) is 85.5 Å². The minimum atomic E-state index is 0. The summed E-state index contributed by atoms with van der Waals surface area (Å²) < 4.78 is 0. The van der Waals surface area contributed by atoms with Crippen LogP contribution in [-0.2, 0) is 19.3 Å². The summed E-state index contributed by atoms with van der Waals surface area (Å²) in [5, 5.41) is 0. The quantitative estimate of drug-likeness (QED) is 0.175. The lowest BCUT2D eigenvalue weighted by molar-refractivity contribution is 0.296. The van der Waals surface area contributed by atoms with E-state index in [-0.39, 0.29) is 24.8 Å². The summed E-state index contributed by atoms with van der Waals surface area (Å²) in [5.74, 6) is 0. The zero-order chi connectivity index (χ0) is 23.5. The third-order valence-electron chi connectivity index (χ3n) is 7.68. The molecule has 0 unspecified atom stereocenters. The number of rotatable bonds is 16. The summed E-state index contributed by atoms with van der Waals surface area (Å²) in [5.41, 5.74) is 9.08. The van der Waals surface area contributed by atoms with E-state index >= 15 is 0 Å². The van der Waals surface area contributed by atoms with Crippen LogP contribution in [0.5, 0.6) is 0 Å². The van der Waals surface area contributed by atoms with Crippen molar-refractivity contribution in [3.63, 3.8) is 0 Å². The molecule has 0 aliphatic heterocycles. The predicted molar refractivity (Wildman–Crippen MR) is 160 cm³/mol. The standard InChI is InChI=1S/C31H48N2.2ClH/c1-5-32(6-2)21-13-9-11-15-26-17-19-30-28(23-26)25-29-24-27(18-20-31(29)30)16-12-10-14-22-33(7-3)8-4;;/h17-20,23-24H,5-16,21-22,25H2,1-4H3;2*1H. The first kappa shape index (κ1) is 32.0. The van der Waals surface area contributed by atoms with Crippen LogP contribution >= 0.6 is 24.8 Å². The highest BCUT2D eigenvalue weighted by atomic mass is 35.5. The van der Waals surface area contributed by atoms with Crippen LogP contribution in [0.25, 0.3) is 11.1 Å². The monoisotopic (exact) mass is 520 g/mol. The molecule has 0 heterocycles. The van der Waals surface area contributed by atoms with Gasteiger partial charge in [-0.05, 0) is 118 Å². The van der Waals surface area contributed by atoms with E-state index < -0.39 is 0 Å². The van der Waals surface area contributed by atoms with E-state index in [4.69, 9.17) is 0 Å². The summed E-state index contributed by atoms with van der Waals surface area (Å²) >= 11 is 0. The highest BCUT2D eigenvalue weighted by molar-refractivity contribution is 5.85. The van der Waals surface area contributed by atoms with E-state index in [0.29, 0.717) is 0 Å². The highest BCUT2D eigenvalue weighted by Crippen LogP contribution is 2.37. The lowest BCUT2D eigenvalue weighted by Gasteiger charge is -2.17. The SMILES string of the molecule is CCN(CC)CCCCCc1ccc2c(c1)Cc1cc(CCCCCN(CC)CC)ccc1-2.Cl.Cl. The van der Waals surface area contributed by atoms with Crippen LogP contribution in [0.4, 0.5) is 0 Å². The fraction of sp³-hybridized carbons (Fsp3) is 0.613. The normalized spacial score (nSPS) is 11.8. The Bertz CT molecular complexity index is 774. The first-order valence-electron chi connectivity index (χ1n) is 13.9. The molecule has 35 heavy (non-hydrogen) atoms. The van der Waals surface area contributed by atoms with Crippen LogP contribution in [0, 0.1) is 0 Å². The van der Waals surface area contributed by atoms with Crippen LogP contribution in [-0.4, -0.2) is 49.1 Å². The molecule has 0 saturated carbocycles. The Labute approximate surface area is 228 Å². The second-order valence-electron chi connectivity index (χ2n) is 9.83. The van der Waals surface area contributed by atoms with Crippen LogP contribution in [0.2, 0.25) is 0 Å². The van der Waals surface area contributed by atoms with Crippen molar-refractivity contribution < 1.29 is 0 Å². The Morgan fingerprint density at radius 2 is 0.943 bits per heavy atom. The van der Waals surface area contributed by atoms with E-state index in [0.717, 1.165) is 6.42 Å². The summed E-state index contributed by atoms with van der Waals surface area (Å²) in [4.78, 5) is 5.07. The maximum Gasteiger partial charge on any atom is -0.00133 e. The molecule has 198 valence electrons. The molecule has 0 spiro atoms. The minimum Gasteiger partial charge on any atom is -0.304 e. The smallest absolute Gasteiger partial charge is 0.00133 e. The lowest BCUT2D eigenvalue weighted by atomic mass is 9.99. The van der Waals surface area contributed by atoms with Crippen molar-refractivity contribution in [3.05, 3.63) is 58.7 Å². The number of unbranched alkanes of at least 4 members (excludes halogenated alkanes) is 4. The summed E-state index contributed by atoms with van der Waals surface area (Å²) in [6, 6.07) is 14.5. The molecule has 1 aliphatic carbocycles. The van der Waals surface area contributed by atoms with E-state index in [1.807, 2.05) is 0 Å². The van der Waals surface area contributed by atoms with Crippen LogP contribution in [0.3, 0.4) is 0 Å². The fourth-order valence-electron chi connectivity index (χ4n) is 5.39. The van der Waals surface area contributed by atoms with Gasteiger partial charge in [-0.15, -0.1) is 24.8 Å². The van der Waals surface area contributed by atoms with Gasteiger partial charge in [-0.1, -0.05) is 76.9 Å². The van der Waals surface area contributed by atoms with Crippen molar-refractivity contribution in [2.75, 3.05) is 39.3 Å². The number of nitrogens with zero attached hydrogens (tertiary/aromatic N) is 2. The molecule has 0 radical (unpaired) electrons. The Balaban J connectivity index is 0.00000306. The molecule has 1 aliphatic rings. The van der Waals surface area contributed by atoms with Gasteiger partial charge in [-0.2, -0.15) is 0 Å². The molecule has 0 amide bonds. The molecule has 2 aromatic rings. The second kappa shape index (κ2) is 17.4. The molecule has 0 N–H and O–H groups in total. The predicted octanol–water partition coefficient (Wildman–Crippen LogP) is 8.21. The maximum absolute atomic E-state index is 2.53. The minimum absolute atomic E-state index is 0. The number of hydrogen-bond acceptors (Lipinski definition) is 2. The number of benzene rings is 2. The van der Waals surface area contributed by atoms with Gasteiger partial charge in [0.25, 0.3) is 0 Å². The van der Waals surface area contributed by atoms with Crippen LogP contribution in [0.15, 0.2) is 36.4 Å². The Morgan fingerprint density at radius 1 is 0.543 bits per heavy atom. The van der Waals surface area contributed by atoms with E-state index in [2.05, 4.69) is 73.9 Å². The number of halogens is 2. The Morgan fingerprint density at radius 3 is 1.31 bits per heavy atom. The largest absolute Gasteiger partial charge is 0.304 e. The van der Waals surface area contributed by atoms with Gasteiger partial charge in [0.2, 0.25) is 0 Å². The van der Waals surface area contributed by atoms with Crippen molar-refractivity contribution in [1.29, 1.82) is 0 Å².